The van der Waals surface area contributed by atoms with Gasteiger partial charge >= 0.3 is 11.1 Å². The first-order valence-corrected chi connectivity index (χ1v) is 9.21. The van der Waals surface area contributed by atoms with Crippen LogP contribution in [-0.4, -0.2) is 25.2 Å². The number of carbonyl (C=O) groups is 1. The Kier molecular flexibility index (Phi) is 4.82. The Morgan fingerprint density at radius 1 is 1.14 bits per heavy atom. The van der Waals surface area contributed by atoms with Crippen molar-refractivity contribution in [2.45, 2.75) is 20.0 Å². The molecule has 0 atom stereocenters. The van der Waals surface area contributed by atoms with Gasteiger partial charge in [-0.05, 0) is 37.3 Å². The van der Waals surface area contributed by atoms with Gasteiger partial charge in [-0.2, -0.15) is 5.10 Å². The minimum absolute atomic E-state index is 0.283. The van der Waals surface area contributed by atoms with Gasteiger partial charge < -0.3 is 14.9 Å². The smallest absolute Gasteiger partial charge is 0.316 e. The lowest BCUT2D eigenvalue weighted by molar-refractivity contribution is 0.0951. The number of aryl methyl sites for hydroxylation is 1. The number of fused-ring (bicyclic) bond motifs is 1. The number of carbonyl (C=O) groups excluding carboxylic acids is 1. The van der Waals surface area contributed by atoms with Crippen molar-refractivity contribution in [3.63, 3.8) is 0 Å². The van der Waals surface area contributed by atoms with Gasteiger partial charge in [-0.15, -0.1) is 0 Å². The van der Waals surface area contributed by atoms with E-state index in [1.54, 1.807) is 36.0 Å². The molecular formula is C21H19N5O3. The number of aromatic amines is 1. The van der Waals surface area contributed by atoms with Crippen LogP contribution < -0.4 is 16.4 Å². The summed E-state index contributed by atoms with van der Waals surface area (Å²) in [5.41, 5.74) is 1.91. The summed E-state index contributed by atoms with van der Waals surface area (Å²) in [4.78, 5) is 38.8. The van der Waals surface area contributed by atoms with Crippen molar-refractivity contribution in [1.82, 2.24) is 24.6 Å². The zero-order valence-corrected chi connectivity index (χ0v) is 15.8. The topological polar surface area (TPSA) is 102 Å². The predicted molar refractivity (Wildman–Crippen MR) is 109 cm³/mol. The lowest BCUT2D eigenvalue weighted by Crippen LogP contribution is -2.36. The van der Waals surface area contributed by atoms with E-state index in [0.29, 0.717) is 29.7 Å². The van der Waals surface area contributed by atoms with Crippen LogP contribution >= 0.6 is 0 Å². The number of rotatable bonds is 5. The molecule has 146 valence electrons. The molecule has 8 nitrogen and oxygen atoms in total. The Balaban J connectivity index is 1.52. The summed E-state index contributed by atoms with van der Waals surface area (Å²) < 4.78 is 3.13. The van der Waals surface area contributed by atoms with Crippen molar-refractivity contribution in [3.05, 3.63) is 92.8 Å². The quantitative estimate of drug-likeness (QED) is 0.508. The van der Waals surface area contributed by atoms with Crippen molar-refractivity contribution < 1.29 is 4.79 Å². The fourth-order valence-electron chi connectivity index (χ4n) is 3.19. The van der Waals surface area contributed by atoms with Crippen LogP contribution in [0.25, 0.3) is 16.7 Å². The molecule has 29 heavy (non-hydrogen) atoms. The molecule has 0 unspecified atom stereocenters. The normalized spacial score (nSPS) is 10.9. The molecule has 4 rings (SSSR count). The molecule has 0 bridgehead atoms. The highest BCUT2D eigenvalue weighted by atomic mass is 16.2. The van der Waals surface area contributed by atoms with Crippen LogP contribution in [0.2, 0.25) is 0 Å². The van der Waals surface area contributed by atoms with Crippen LogP contribution in [-0.2, 0) is 13.1 Å². The van der Waals surface area contributed by atoms with E-state index < -0.39 is 11.1 Å². The van der Waals surface area contributed by atoms with Crippen LogP contribution in [0.1, 0.15) is 22.8 Å². The van der Waals surface area contributed by atoms with Crippen LogP contribution in [0.3, 0.4) is 0 Å². The van der Waals surface area contributed by atoms with Gasteiger partial charge in [-0.25, -0.2) is 4.68 Å². The monoisotopic (exact) mass is 389 g/mol. The lowest BCUT2D eigenvalue weighted by Gasteiger charge is -2.09. The Hall–Kier alpha value is -3.94. The molecule has 2 N–H and O–H groups in total. The number of nitrogens with zero attached hydrogens (tertiary/aromatic N) is 3. The van der Waals surface area contributed by atoms with Crippen LogP contribution in [0.15, 0.2) is 70.5 Å². The van der Waals surface area contributed by atoms with Crippen molar-refractivity contribution in [3.8, 4) is 5.69 Å². The lowest BCUT2D eigenvalue weighted by atomic mass is 10.1. The van der Waals surface area contributed by atoms with E-state index >= 15 is 0 Å². The fourth-order valence-corrected chi connectivity index (χ4v) is 3.19. The van der Waals surface area contributed by atoms with Crippen LogP contribution in [0.5, 0.6) is 0 Å². The number of aromatic nitrogens is 4. The molecule has 8 heteroatoms. The van der Waals surface area contributed by atoms with Crippen molar-refractivity contribution in [2.24, 2.45) is 0 Å². The Bertz CT molecular complexity index is 1300. The van der Waals surface area contributed by atoms with E-state index in [2.05, 4.69) is 15.4 Å². The van der Waals surface area contributed by atoms with Crippen LogP contribution in [0.4, 0.5) is 0 Å². The number of H-pyrrole nitrogens is 1. The molecule has 2 aromatic carbocycles. The average molecular weight is 389 g/mol. The first-order valence-electron chi connectivity index (χ1n) is 9.21. The second-order valence-corrected chi connectivity index (χ2v) is 6.55. The molecule has 0 saturated heterocycles. The van der Waals surface area contributed by atoms with E-state index in [1.807, 2.05) is 36.5 Å². The number of amides is 1. The Morgan fingerprint density at radius 3 is 2.69 bits per heavy atom. The summed E-state index contributed by atoms with van der Waals surface area (Å²) in [5, 5.41) is 7.15. The maximum atomic E-state index is 12.5. The van der Waals surface area contributed by atoms with E-state index in [-0.39, 0.29) is 5.91 Å². The predicted octanol–water partition coefficient (Wildman–Crippen LogP) is 1.83. The van der Waals surface area contributed by atoms with Gasteiger partial charge in [0.15, 0.2) is 0 Å². The molecule has 0 radical (unpaired) electrons. The number of hydrogen-bond donors (Lipinski definition) is 2. The molecule has 0 saturated carbocycles. The van der Waals surface area contributed by atoms with E-state index in [0.717, 1.165) is 11.3 Å². The summed E-state index contributed by atoms with van der Waals surface area (Å²) in [6, 6.07) is 14.6. The Morgan fingerprint density at radius 2 is 1.93 bits per heavy atom. The van der Waals surface area contributed by atoms with Crippen molar-refractivity contribution in [2.75, 3.05) is 0 Å². The van der Waals surface area contributed by atoms with Gasteiger partial charge in [0, 0.05) is 30.4 Å². The first kappa shape index (κ1) is 18.4. The first-order chi connectivity index (χ1) is 14.1. The minimum atomic E-state index is -0.703. The van der Waals surface area contributed by atoms with E-state index in [1.165, 1.54) is 4.57 Å². The standard InChI is InChI=1S/C21H19N5O3/c1-2-25-18-9-8-15(10-17(18)24-20(28)21(25)29)19(27)22-11-14-12-23-26(13-14)16-6-4-3-5-7-16/h3-10,12-13H,2,11H2,1H3,(H,22,27)(H,24,28). The summed E-state index contributed by atoms with van der Waals surface area (Å²) in [5.74, 6) is -0.283. The highest BCUT2D eigenvalue weighted by molar-refractivity contribution is 5.97. The summed E-state index contributed by atoms with van der Waals surface area (Å²) in [6.07, 6.45) is 3.55. The minimum Gasteiger partial charge on any atom is -0.348 e. The van der Waals surface area contributed by atoms with E-state index in [9.17, 15) is 14.4 Å². The molecule has 0 fully saturated rings. The number of para-hydroxylation sites is 1. The second kappa shape index (κ2) is 7.59. The van der Waals surface area contributed by atoms with Gasteiger partial charge in [0.2, 0.25) is 0 Å². The summed E-state index contributed by atoms with van der Waals surface area (Å²) >= 11 is 0. The number of hydrogen-bond acceptors (Lipinski definition) is 4. The molecule has 0 spiro atoms. The SMILES string of the molecule is CCn1c(=O)c(=O)[nH]c2cc(C(=O)NCc3cnn(-c4ccccc4)c3)ccc21. The van der Waals surface area contributed by atoms with Crippen molar-refractivity contribution in [1.29, 1.82) is 0 Å². The van der Waals surface area contributed by atoms with Gasteiger partial charge in [0.1, 0.15) is 0 Å². The maximum absolute atomic E-state index is 12.5. The summed E-state index contributed by atoms with van der Waals surface area (Å²) in [7, 11) is 0. The average Bonchev–Trinajstić information content (AvgIpc) is 3.22. The molecule has 1 amide bonds. The third-order valence-electron chi connectivity index (χ3n) is 4.66. The maximum Gasteiger partial charge on any atom is 0.316 e. The molecule has 2 heterocycles. The zero-order chi connectivity index (χ0) is 20.4. The zero-order valence-electron chi connectivity index (χ0n) is 15.8. The largest absolute Gasteiger partial charge is 0.348 e. The van der Waals surface area contributed by atoms with Gasteiger partial charge in [0.25, 0.3) is 5.91 Å². The molecule has 4 aromatic rings. The van der Waals surface area contributed by atoms with Gasteiger partial charge in [-0.1, -0.05) is 18.2 Å². The molecule has 0 aliphatic rings. The second-order valence-electron chi connectivity index (χ2n) is 6.55. The molecule has 0 aliphatic heterocycles. The highest BCUT2D eigenvalue weighted by Gasteiger charge is 2.11. The Labute approximate surface area is 165 Å². The third-order valence-corrected chi connectivity index (χ3v) is 4.66. The summed E-state index contributed by atoms with van der Waals surface area (Å²) in [6.45, 7) is 2.47. The highest BCUT2D eigenvalue weighted by Crippen LogP contribution is 2.12. The fraction of sp³-hybridized carbons (Fsp3) is 0.143. The van der Waals surface area contributed by atoms with Gasteiger partial charge in [0.05, 0.1) is 22.9 Å². The number of benzene rings is 2. The molecule has 0 aliphatic carbocycles. The van der Waals surface area contributed by atoms with E-state index in [4.69, 9.17) is 0 Å². The van der Waals surface area contributed by atoms with Crippen molar-refractivity contribution >= 4 is 16.9 Å². The molecular weight excluding hydrogens is 370 g/mol. The van der Waals surface area contributed by atoms with Gasteiger partial charge in [-0.3, -0.25) is 14.4 Å². The van der Waals surface area contributed by atoms with Crippen LogP contribution in [0, 0.1) is 0 Å². The number of nitrogens with one attached hydrogen (secondary N) is 2. The third kappa shape index (κ3) is 3.60. The molecule has 2 aromatic heterocycles.